The van der Waals surface area contributed by atoms with E-state index in [4.69, 9.17) is 11.6 Å². The van der Waals surface area contributed by atoms with Gasteiger partial charge >= 0.3 is 0 Å². The van der Waals surface area contributed by atoms with Crippen molar-refractivity contribution in [1.29, 1.82) is 0 Å². The molecule has 1 atom stereocenters. The second-order valence-corrected chi connectivity index (χ2v) is 6.60. The quantitative estimate of drug-likeness (QED) is 0.889. The van der Waals surface area contributed by atoms with Crippen LogP contribution in [0, 0.1) is 11.2 Å². The summed E-state index contributed by atoms with van der Waals surface area (Å²) in [4.78, 5) is 2.33. The highest BCUT2D eigenvalue weighted by Crippen LogP contribution is 2.42. The fraction of sp³-hybridized carbons (Fsp3) is 0.600. The minimum Gasteiger partial charge on any atom is -0.314 e. The van der Waals surface area contributed by atoms with E-state index in [1.807, 2.05) is 0 Å². The summed E-state index contributed by atoms with van der Waals surface area (Å²) in [5, 5.41) is 3.86. The van der Waals surface area contributed by atoms with Crippen molar-refractivity contribution in [2.45, 2.75) is 26.8 Å². The topological polar surface area (TPSA) is 15.3 Å². The molecule has 1 aliphatic heterocycles. The molecule has 0 aromatic heterocycles. The molecule has 0 saturated carbocycles. The van der Waals surface area contributed by atoms with Crippen molar-refractivity contribution in [2.24, 2.45) is 5.41 Å². The van der Waals surface area contributed by atoms with Gasteiger partial charge in [0.2, 0.25) is 0 Å². The molecule has 0 unspecified atom stereocenters. The average Bonchev–Trinajstić information content (AvgIpc) is 2.33. The Hall–Kier alpha value is -0.350. The number of rotatable bonds is 2. The van der Waals surface area contributed by atoms with Gasteiger partial charge in [0.15, 0.2) is 0 Å². The highest BCUT2D eigenvalue weighted by Gasteiger charge is 2.35. The maximum Gasteiger partial charge on any atom is 0.129 e. The van der Waals surface area contributed by atoms with Gasteiger partial charge in [-0.05, 0) is 17.5 Å². The third-order valence-electron chi connectivity index (χ3n) is 3.61. The maximum atomic E-state index is 14.3. The molecule has 1 aromatic rings. The van der Waals surface area contributed by atoms with Crippen LogP contribution < -0.4 is 5.32 Å². The maximum absolute atomic E-state index is 14.3. The summed E-state index contributed by atoms with van der Waals surface area (Å²) in [6.07, 6.45) is 0. The van der Waals surface area contributed by atoms with Crippen molar-refractivity contribution >= 4 is 24.0 Å². The third-order valence-corrected chi connectivity index (χ3v) is 3.94. The summed E-state index contributed by atoms with van der Waals surface area (Å²) in [6.45, 7) is 10.2. The van der Waals surface area contributed by atoms with E-state index in [1.54, 1.807) is 12.1 Å². The van der Waals surface area contributed by atoms with Crippen LogP contribution in [-0.2, 0) is 0 Å². The Balaban J connectivity index is 0.00000200. The fourth-order valence-corrected chi connectivity index (χ4v) is 3.14. The number of benzene rings is 1. The number of hydrogen-bond acceptors (Lipinski definition) is 2. The summed E-state index contributed by atoms with van der Waals surface area (Å²) in [7, 11) is 0. The van der Waals surface area contributed by atoms with Crippen molar-refractivity contribution in [2.75, 3.05) is 26.2 Å². The van der Waals surface area contributed by atoms with Crippen LogP contribution in [-0.4, -0.2) is 31.1 Å². The number of halogens is 3. The Kier molecular flexibility index (Phi) is 6.26. The van der Waals surface area contributed by atoms with E-state index in [-0.39, 0.29) is 29.7 Å². The van der Waals surface area contributed by atoms with Crippen LogP contribution in [0.25, 0.3) is 0 Å². The van der Waals surface area contributed by atoms with E-state index in [0.29, 0.717) is 10.6 Å². The molecule has 0 spiro atoms. The third kappa shape index (κ3) is 3.85. The smallest absolute Gasteiger partial charge is 0.129 e. The first-order valence-electron chi connectivity index (χ1n) is 6.80. The van der Waals surface area contributed by atoms with E-state index >= 15 is 0 Å². The van der Waals surface area contributed by atoms with Crippen LogP contribution in [0.4, 0.5) is 4.39 Å². The van der Waals surface area contributed by atoms with Crippen LogP contribution >= 0.6 is 24.0 Å². The van der Waals surface area contributed by atoms with Crippen molar-refractivity contribution in [3.05, 3.63) is 34.6 Å². The average molecular weight is 321 g/mol. The van der Waals surface area contributed by atoms with Crippen LogP contribution in [0.5, 0.6) is 0 Å². The Morgan fingerprint density at radius 2 is 1.85 bits per heavy atom. The fourth-order valence-electron chi connectivity index (χ4n) is 2.88. The molecule has 0 amide bonds. The monoisotopic (exact) mass is 320 g/mol. The van der Waals surface area contributed by atoms with Gasteiger partial charge in [0.05, 0.1) is 0 Å². The normalized spacial score (nSPS) is 18.4. The van der Waals surface area contributed by atoms with Crippen LogP contribution in [0.15, 0.2) is 18.2 Å². The molecule has 0 aliphatic carbocycles. The van der Waals surface area contributed by atoms with E-state index in [2.05, 4.69) is 31.0 Å². The molecular weight excluding hydrogens is 298 g/mol. The van der Waals surface area contributed by atoms with Crippen LogP contribution in [0.1, 0.15) is 32.4 Å². The zero-order chi connectivity index (χ0) is 14.0. The van der Waals surface area contributed by atoms with Crippen LogP contribution in [0.2, 0.25) is 5.02 Å². The molecule has 1 aliphatic rings. The van der Waals surface area contributed by atoms with Gasteiger partial charge < -0.3 is 5.32 Å². The van der Waals surface area contributed by atoms with Gasteiger partial charge in [-0.15, -0.1) is 12.4 Å². The number of nitrogens with zero attached hydrogens (tertiary/aromatic N) is 1. The number of piperazine rings is 1. The SMILES string of the molecule is CC(C)(C)[C@H](c1c(F)cccc1Cl)N1CCNCC1.Cl. The lowest BCUT2D eigenvalue weighted by atomic mass is 9.80. The molecule has 5 heteroatoms. The zero-order valence-electron chi connectivity index (χ0n) is 12.2. The molecule has 1 saturated heterocycles. The Morgan fingerprint density at radius 1 is 1.25 bits per heavy atom. The van der Waals surface area contributed by atoms with Crippen LogP contribution in [0.3, 0.4) is 0 Å². The summed E-state index contributed by atoms with van der Waals surface area (Å²) in [5.74, 6) is -0.203. The predicted molar refractivity (Wildman–Crippen MR) is 85.3 cm³/mol. The molecule has 0 bridgehead atoms. The molecule has 114 valence electrons. The molecular formula is C15H23Cl2FN2. The minimum absolute atomic E-state index is 0. The van der Waals surface area contributed by atoms with Gasteiger partial charge in [0, 0.05) is 42.8 Å². The van der Waals surface area contributed by atoms with Gasteiger partial charge in [-0.25, -0.2) is 4.39 Å². The molecule has 2 rings (SSSR count). The first kappa shape index (κ1) is 17.7. The lowest BCUT2D eigenvalue weighted by molar-refractivity contribution is 0.0835. The predicted octanol–water partition coefficient (Wildman–Crippen LogP) is 3.89. The van der Waals surface area contributed by atoms with Gasteiger partial charge in [0.1, 0.15) is 5.82 Å². The van der Waals surface area contributed by atoms with Gasteiger partial charge in [-0.3, -0.25) is 4.90 Å². The van der Waals surface area contributed by atoms with Crippen molar-refractivity contribution in [1.82, 2.24) is 10.2 Å². The summed E-state index contributed by atoms with van der Waals surface area (Å²) < 4.78 is 14.3. The Bertz CT molecular complexity index is 420. The van der Waals surface area contributed by atoms with Crippen molar-refractivity contribution in [3.8, 4) is 0 Å². The summed E-state index contributed by atoms with van der Waals surface area (Å²) >= 11 is 6.27. The summed E-state index contributed by atoms with van der Waals surface area (Å²) in [6, 6.07) is 4.95. The van der Waals surface area contributed by atoms with E-state index in [0.717, 1.165) is 26.2 Å². The van der Waals surface area contributed by atoms with E-state index in [1.165, 1.54) is 6.07 Å². The highest BCUT2D eigenvalue weighted by molar-refractivity contribution is 6.31. The second kappa shape index (κ2) is 7.08. The first-order valence-corrected chi connectivity index (χ1v) is 7.18. The van der Waals surface area contributed by atoms with E-state index < -0.39 is 0 Å². The summed E-state index contributed by atoms with van der Waals surface area (Å²) in [5.41, 5.74) is 0.571. The molecule has 1 N–H and O–H groups in total. The van der Waals surface area contributed by atoms with Crippen molar-refractivity contribution in [3.63, 3.8) is 0 Å². The van der Waals surface area contributed by atoms with Gasteiger partial charge in [0.25, 0.3) is 0 Å². The van der Waals surface area contributed by atoms with Crippen molar-refractivity contribution < 1.29 is 4.39 Å². The highest BCUT2D eigenvalue weighted by atomic mass is 35.5. The van der Waals surface area contributed by atoms with E-state index in [9.17, 15) is 4.39 Å². The molecule has 1 heterocycles. The standard InChI is InChI=1S/C15H22ClFN2.ClH/c1-15(2,3)14(19-9-7-18-8-10-19)13-11(16)5-4-6-12(13)17;/h4-6,14,18H,7-10H2,1-3H3;1H/t14-;/m0./s1. The molecule has 20 heavy (non-hydrogen) atoms. The minimum atomic E-state index is -0.203. The Morgan fingerprint density at radius 3 is 2.35 bits per heavy atom. The molecule has 2 nitrogen and oxygen atoms in total. The molecule has 0 radical (unpaired) electrons. The van der Waals surface area contributed by atoms with Gasteiger partial charge in [-0.2, -0.15) is 0 Å². The lowest BCUT2D eigenvalue weighted by Gasteiger charge is -2.43. The first-order chi connectivity index (χ1) is 8.91. The lowest BCUT2D eigenvalue weighted by Crippen LogP contribution is -2.48. The second-order valence-electron chi connectivity index (χ2n) is 6.19. The molecule has 1 fully saturated rings. The number of nitrogens with one attached hydrogen (secondary N) is 1. The largest absolute Gasteiger partial charge is 0.314 e. The van der Waals surface area contributed by atoms with Gasteiger partial charge in [-0.1, -0.05) is 38.4 Å². The number of hydrogen-bond donors (Lipinski definition) is 1. The Labute approximate surface area is 132 Å². The zero-order valence-corrected chi connectivity index (χ0v) is 13.8. The molecule has 1 aromatic carbocycles.